The van der Waals surface area contributed by atoms with Gasteiger partial charge >= 0.3 is 0 Å². The molecule has 2 aromatic rings. The first-order valence-electron chi connectivity index (χ1n) is 6.97. The molecule has 0 aliphatic rings. The first kappa shape index (κ1) is 15.9. The fraction of sp³-hybridized carbons (Fsp3) is 0.333. The minimum Gasteiger partial charge on any atom is -0.370 e. The SMILES string of the molecule is CCCNc1cc(Nc2cccc(Cl)c2Cl)nc(CC)n1. The normalized spacial score (nSPS) is 10.5. The molecule has 0 saturated heterocycles. The monoisotopic (exact) mass is 324 g/mol. The molecule has 1 aromatic heterocycles. The lowest BCUT2D eigenvalue weighted by Gasteiger charge is -2.12. The molecule has 0 aliphatic heterocycles. The standard InChI is InChI=1S/C15H18Cl2N4/c1-3-8-18-13-9-14(21-12(4-2)20-13)19-11-7-5-6-10(16)15(11)17/h5-7,9H,3-4,8H2,1-2H3,(H2,18,19,20,21). The summed E-state index contributed by atoms with van der Waals surface area (Å²) >= 11 is 12.2. The summed E-state index contributed by atoms with van der Waals surface area (Å²) < 4.78 is 0. The minimum absolute atomic E-state index is 0.485. The zero-order chi connectivity index (χ0) is 15.2. The average molecular weight is 325 g/mol. The van der Waals surface area contributed by atoms with E-state index >= 15 is 0 Å². The van der Waals surface area contributed by atoms with Crippen LogP contribution in [0.3, 0.4) is 0 Å². The van der Waals surface area contributed by atoms with Crippen molar-refractivity contribution in [1.82, 2.24) is 9.97 Å². The fourth-order valence-electron chi connectivity index (χ4n) is 1.80. The van der Waals surface area contributed by atoms with Crippen LogP contribution in [0.2, 0.25) is 10.0 Å². The number of aryl methyl sites for hydroxylation is 1. The van der Waals surface area contributed by atoms with Gasteiger partial charge in [0.1, 0.15) is 17.5 Å². The van der Waals surface area contributed by atoms with E-state index in [2.05, 4.69) is 27.5 Å². The van der Waals surface area contributed by atoms with Crippen LogP contribution in [-0.4, -0.2) is 16.5 Å². The second kappa shape index (κ2) is 7.48. The van der Waals surface area contributed by atoms with Crippen LogP contribution in [-0.2, 0) is 6.42 Å². The number of nitrogens with one attached hydrogen (secondary N) is 2. The van der Waals surface area contributed by atoms with Crippen molar-refractivity contribution >= 4 is 40.5 Å². The number of nitrogens with zero attached hydrogens (tertiary/aromatic N) is 2. The van der Waals surface area contributed by atoms with Crippen LogP contribution in [0.5, 0.6) is 0 Å². The van der Waals surface area contributed by atoms with Gasteiger partial charge in [0.05, 0.1) is 15.7 Å². The van der Waals surface area contributed by atoms with E-state index in [1.807, 2.05) is 25.1 Å². The predicted octanol–water partition coefficient (Wildman–Crippen LogP) is 4.91. The van der Waals surface area contributed by atoms with Gasteiger partial charge in [0.15, 0.2) is 0 Å². The molecule has 0 spiro atoms. The Morgan fingerprint density at radius 3 is 2.57 bits per heavy atom. The zero-order valence-electron chi connectivity index (χ0n) is 12.1. The molecule has 6 heteroatoms. The van der Waals surface area contributed by atoms with Crippen molar-refractivity contribution < 1.29 is 0 Å². The van der Waals surface area contributed by atoms with E-state index in [9.17, 15) is 0 Å². The quantitative estimate of drug-likeness (QED) is 0.792. The van der Waals surface area contributed by atoms with Crippen LogP contribution in [0.25, 0.3) is 0 Å². The van der Waals surface area contributed by atoms with E-state index in [0.29, 0.717) is 15.9 Å². The van der Waals surface area contributed by atoms with Crippen LogP contribution in [0, 0.1) is 0 Å². The Morgan fingerprint density at radius 1 is 1.10 bits per heavy atom. The maximum atomic E-state index is 6.19. The molecule has 2 rings (SSSR count). The largest absolute Gasteiger partial charge is 0.370 e. The van der Waals surface area contributed by atoms with E-state index in [1.165, 1.54) is 0 Å². The summed E-state index contributed by atoms with van der Waals surface area (Å²) in [5.41, 5.74) is 0.728. The predicted molar refractivity (Wildman–Crippen MR) is 89.9 cm³/mol. The van der Waals surface area contributed by atoms with Gasteiger partial charge in [-0.05, 0) is 18.6 Å². The summed E-state index contributed by atoms with van der Waals surface area (Å²) in [6.45, 7) is 5.01. The van der Waals surface area contributed by atoms with Crippen molar-refractivity contribution in [3.05, 3.63) is 40.1 Å². The molecule has 21 heavy (non-hydrogen) atoms. The number of anilines is 3. The molecule has 1 aromatic carbocycles. The van der Waals surface area contributed by atoms with Gasteiger partial charge in [-0.15, -0.1) is 0 Å². The van der Waals surface area contributed by atoms with Gasteiger partial charge in [-0.2, -0.15) is 0 Å². The van der Waals surface area contributed by atoms with E-state index in [0.717, 1.165) is 36.7 Å². The summed E-state index contributed by atoms with van der Waals surface area (Å²) in [7, 11) is 0. The number of rotatable bonds is 6. The zero-order valence-corrected chi connectivity index (χ0v) is 13.6. The Hall–Kier alpha value is -1.52. The van der Waals surface area contributed by atoms with Crippen molar-refractivity contribution in [2.75, 3.05) is 17.2 Å². The Kier molecular flexibility index (Phi) is 5.65. The number of benzene rings is 1. The van der Waals surface area contributed by atoms with Crippen LogP contribution in [0.4, 0.5) is 17.3 Å². The third-order valence-corrected chi connectivity index (χ3v) is 3.68. The molecular formula is C15H18Cl2N4. The molecule has 0 atom stereocenters. The van der Waals surface area contributed by atoms with Crippen LogP contribution in [0.15, 0.2) is 24.3 Å². The van der Waals surface area contributed by atoms with Crippen molar-refractivity contribution in [1.29, 1.82) is 0 Å². The van der Waals surface area contributed by atoms with E-state index in [4.69, 9.17) is 23.2 Å². The molecule has 0 saturated carbocycles. The molecule has 1 heterocycles. The molecule has 0 radical (unpaired) electrons. The number of hydrogen-bond acceptors (Lipinski definition) is 4. The Balaban J connectivity index is 2.28. The lowest BCUT2D eigenvalue weighted by Crippen LogP contribution is -2.07. The fourth-order valence-corrected chi connectivity index (χ4v) is 2.15. The Bertz CT molecular complexity index is 617. The first-order valence-corrected chi connectivity index (χ1v) is 7.72. The topological polar surface area (TPSA) is 49.8 Å². The molecule has 112 valence electrons. The van der Waals surface area contributed by atoms with Gasteiger partial charge < -0.3 is 10.6 Å². The average Bonchev–Trinajstić information content (AvgIpc) is 2.49. The van der Waals surface area contributed by atoms with Gasteiger partial charge in [-0.3, -0.25) is 0 Å². The summed E-state index contributed by atoms with van der Waals surface area (Å²) in [6, 6.07) is 7.32. The molecule has 0 fully saturated rings. The molecule has 2 N–H and O–H groups in total. The van der Waals surface area contributed by atoms with Gasteiger partial charge in [0.2, 0.25) is 0 Å². The highest BCUT2D eigenvalue weighted by Gasteiger charge is 2.08. The van der Waals surface area contributed by atoms with E-state index in [-0.39, 0.29) is 0 Å². The smallest absolute Gasteiger partial charge is 0.136 e. The third kappa shape index (κ3) is 4.22. The summed E-state index contributed by atoms with van der Waals surface area (Å²) in [6.07, 6.45) is 1.80. The summed E-state index contributed by atoms with van der Waals surface area (Å²) in [5, 5.41) is 7.46. The number of halogens is 2. The maximum Gasteiger partial charge on any atom is 0.136 e. The second-order valence-electron chi connectivity index (χ2n) is 4.56. The highest BCUT2D eigenvalue weighted by Crippen LogP contribution is 2.31. The van der Waals surface area contributed by atoms with Crippen molar-refractivity contribution in [3.8, 4) is 0 Å². The molecular weight excluding hydrogens is 307 g/mol. The minimum atomic E-state index is 0.485. The van der Waals surface area contributed by atoms with E-state index in [1.54, 1.807) is 6.07 Å². The lowest BCUT2D eigenvalue weighted by molar-refractivity contribution is 0.919. The highest BCUT2D eigenvalue weighted by atomic mass is 35.5. The van der Waals surface area contributed by atoms with Crippen molar-refractivity contribution in [3.63, 3.8) is 0 Å². The lowest BCUT2D eigenvalue weighted by atomic mass is 10.3. The number of aromatic nitrogens is 2. The van der Waals surface area contributed by atoms with E-state index < -0.39 is 0 Å². The van der Waals surface area contributed by atoms with Gasteiger partial charge in [-0.1, -0.05) is 43.1 Å². The van der Waals surface area contributed by atoms with Crippen LogP contribution < -0.4 is 10.6 Å². The summed E-state index contributed by atoms with van der Waals surface area (Å²) in [4.78, 5) is 8.91. The third-order valence-electron chi connectivity index (χ3n) is 2.86. The number of hydrogen-bond donors (Lipinski definition) is 2. The highest BCUT2D eigenvalue weighted by molar-refractivity contribution is 6.43. The van der Waals surface area contributed by atoms with Gasteiger partial charge in [0, 0.05) is 19.0 Å². The van der Waals surface area contributed by atoms with Gasteiger partial charge in [-0.25, -0.2) is 9.97 Å². The van der Waals surface area contributed by atoms with Crippen LogP contribution >= 0.6 is 23.2 Å². The first-order chi connectivity index (χ1) is 10.1. The molecule has 0 bridgehead atoms. The summed E-state index contributed by atoms with van der Waals surface area (Å²) in [5.74, 6) is 2.28. The molecule has 0 amide bonds. The molecule has 4 nitrogen and oxygen atoms in total. The maximum absolute atomic E-state index is 6.19. The molecule has 0 unspecified atom stereocenters. The Morgan fingerprint density at radius 2 is 1.86 bits per heavy atom. The van der Waals surface area contributed by atoms with Crippen molar-refractivity contribution in [2.24, 2.45) is 0 Å². The van der Waals surface area contributed by atoms with Crippen molar-refractivity contribution in [2.45, 2.75) is 26.7 Å². The van der Waals surface area contributed by atoms with Gasteiger partial charge in [0.25, 0.3) is 0 Å². The molecule has 0 aliphatic carbocycles. The second-order valence-corrected chi connectivity index (χ2v) is 5.35. The van der Waals surface area contributed by atoms with Crippen LogP contribution in [0.1, 0.15) is 26.1 Å². The Labute approximate surface area is 134 Å².